The predicted octanol–water partition coefficient (Wildman–Crippen LogP) is 3.40. The lowest BCUT2D eigenvalue weighted by Gasteiger charge is -2.31. The highest BCUT2D eigenvalue weighted by Crippen LogP contribution is 2.29. The van der Waals surface area contributed by atoms with Gasteiger partial charge in [-0.2, -0.15) is 0 Å². The van der Waals surface area contributed by atoms with E-state index in [1.807, 2.05) is 12.1 Å². The third-order valence-corrected chi connectivity index (χ3v) is 4.63. The maximum Gasteiger partial charge on any atom is 0.269 e. The fraction of sp³-hybridized carbons (Fsp3) is 0.400. The molecule has 2 aromatic carbocycles. The van der Waals surface area contributed by atoms with E-state index in [2.05, 4.69) is 23.2 Å². The molecular weight excluding hydrogens is 382 g/mol. The standard InChI is InChI=1S/C20H25N3O4.ClH/c1-15-12-22(10-9-21-15)13-17-5-8-19(20(11-17)26-2)27-14-16-3-6-18(7-4-16)23(24)25;/h3-8,11,15,21H,9-10,12-14H2,1-2H3;1H. The van der Waals surface area contributed by atoms with Crippen molar-refractivity contribution in [1.82, 2.24) is 10.2 Å². The highest BCUT2D eigenvalue weighted by molar-refractivity contribution is 5.85. The lowest BCUT2D eigenvalue weighted by Crippen LogP contribution is -2.48. The summed E-state index contributed by atoms with van der Waals surface area (Å²) in [5.41, 5.74) is 2.12. The van der Waals surface area contributed by atoms with Crippen LogP contribution >= 0.6 is 12.4 Å². The smallest absolute Gasteiger partial charge is 0.269 e. The summed E-state index contributed by atoms with van der Waals surface area (Å²) in [5, 5.41) is 14.2. The first-order valence-corrected chi connectivity index (χ1v) is 9.04. The molecule has 2 aromatic rings. The molecule has 1 fully saturated rings. The van der Waals surface area contributed by atoms with Crippen molar-refractivity contribution in [3.63, 3.8) is 0 Å². The number of nitro groups is 1. The van der Waals surface area contributed by atoms with Crippen LogP contribution in [0.15, 0.2) is 42.5 Å². The van der Waals surface area contributed by atoms with E-state index in [0.717, 1.165) is 31.7 Å². The van der Waals surface area contributed by atoms with Crippen molar-refractivity contribution in [2.75, 3.05) is 26.7 Å². The van der Waals surface area contributed by atoms with Crippen LogP contribution in [0.25, 0.3) is 0 Å². The lowest BCUT2D eigenvalue weighted by atomic mass is 10.1. The molecule has 0 radical (unpaired) electrons. The summed E-state index contributed by atoms with van der Waals surface area (Å²) >= 11 is 0. The molecule has 1 atom stereocenters. The fourth-order valence-corrected chi connectivity index (χ4v) is 3.22. The summed E-state index contributed by atoms with van der Waals surface area (Å²) < 4.78 is 11.3. The molecule has 1 N–H and O–H groups in total. The summed E-state index contributed by atoms with van der Waals surface area (Å²) in [7, 11) is 1.63. The Bertz CT molecular complexity index is 786. The Kier molecular flexibility index (Phi) is 8.04. The Morgan fingerprint density at radius 1 is 1.18 bits per heavy atom. The number of methoxy groups -OCH3 is 1. The van der Waals surface area contributed by atoms with Gasteiger partial charge < -0.3 is 14.8 Å². The number of benzene rings is 2. The minimum atomic E-state index is -0.411. The number of halogens is 1. The first-order chi connectivity index (χ1) is 13.0. The number of nitrogens with one attached hydrogen (secondary N) is 1. The Hall–Kier alpha value is -2.35. The normalized spacial score (nSPS) is 16.9. The van der Waals surface area contributed by atoms with Crippen molar-refractivity contribution in [3.8, 4) is 11.5 Å². The Balaban J connectivity index is 0.00000280. The van der Waals surface area contributed by atoms with Crippen molar-refractivity contribution < 1.29 is 14.4 Å². The molecule has 8 heteroatoms. The van der Waals surface area contributed by atoms with E-state index in [1.54, 1.807) is 19.2 Å². The molecule has 7 nitrogen and oxygen atoms in total. The van der Waals surface area contributed by atoms with Crippen molar-refractivity contribution in [3.05, 3.63) is 63.7 Å². The van der Waals surface area contributed by atoms with Gasteiger partial charge in [0.05, 0.1) is 12.0 Å². The van der Waals surface area contributed by atoms with Gasteiger partial charge in [0.2, 0.25) is 0 Å². The van der Waals surface area contributed by atoms with E-state index >= 15 is 0 Å². The molecule has 28 heavy (non-hydrogen) atoms. The zero-order valence-electron chi connectivity index (χ0n) is 16.1. The SMILES string of the molecule is COc1cc(CN2CCNC(C)C2)ccc1OCc1ccc([N+](=O)[O-])cc1.Cl. The average molecular weight is 408 g/mol. The van der Waals surface area contributed by atoms with E-state index in [-0.39, 0.29) is 18.1 Å². The molecule has 0 spiro atoms. The van der Waals surface area contributed by atoms with E-state index in [0.29, 0.717) is 24.1 Å². The van der Waals surface area contributed by atoms with Crippen molar-refractivity contribution in [2.45, 2.75) is 26.1 Å². The number of rotatable bonds is 7. The number of nitrogens with zero attached hydrogens (tertiary/aromatic N) is 2. The number of hydrogen-bond donors (Lipinski definition) is 1. The molecular formula is C20H26ClN3O4. The third-order valence-electron chi connectivity index (χ3n) is 4.63. The van der Waals surface area contributed by atoms with Gasteiger partial charge in [-0.15, -0.1) is 12.4 Å². The molecule has 152 valence electrons. The van der Waals surface area contributed by atoms with E-state index in [4.69, 9.17) is 9.47 Å². The summed E-state index contributed by atoms with van der Waals surface area (Å²) in [4.78, 5) is 12.7. The molecule has 0 saturated carbocycles. The van der Waals surface area contributed by atoms with Gasteiger partial charge in [0.1, 0.15) is 6.61 Å². The van der Waals surface area contributed by atoms with E-state index < -0.39 is 4.92 Å². The summed E-state index contributed by atoms with van der Waals surface area (Å²) in [6, 6.07) is 12.9. The fourth-order valence-electron chi connectivity index (χ4n) is 3.22. The first kappa shape index (κ1) is 21.9. The second-order valence-corrected chi connectivity index (χ2v) is 6.79. The predicted molar refractivity (Wildman–Crippen MR) is 110 cm³/mol. The first-order valence-electron chi connectivity index (χ1n) is 9.04. The number of piperazine rings is 1. The zero-order valence-corrected chi connectivity index (χ0v) is 16.9. The lowest BCUT2D eigenvalue weighted by molar-refractivity contribution is -0.384. The van der Waals surface area contributed by atoms with Crippen LogP contribution in [0, 0.1) is 10.1 Å². The van der Waals surface area contributed by atoms with Gasteiger partial charge >= 0.3 is 0 Å². The van der Waals surface area contributed by atoms with Crippen LogP contribution in [0.5, 0.6) is 11.5 Å². The molecule has 1 saturated heterocycles. The molecule has 0 amide bonds. The van der Waals surface area contributed by atoms with Gasteiger partial charge in [-0.1, -0.05) is 6.07 Å². The Labute approximate surface area is 171 Å². The topological polar surface area (TPSA) is 76.9 Å². The van der Waals surface area contributed by atoms with Crippen molar-refractivity contribution in [2.24, 2.45) is 0 Å². The van der Waals surface area contributed by atoms with Crippen molar-refractivity contribution in [1.29, 1.82) is 0 Å². The molecule has 1 heterocycles. The molecule has 3 rings (SSSR count). The number of nitro benzene ring substituents is 1. The highest BCUT2D eigenvalue weighted by Gasteiger charge is 2.16. The van der Waals surface area contributed by atoms with Crippen LogP contribution in [0.2, 0.25) is 0 Å². The number of ether oxygens (including phenoxy) is 2. The average Bonchev–Trinajstić information content (AvgIpc) is 2.67. The van der Waals surface area contributed by atoms with Crippen LogP contribution in [0.1, 0.15) is 18.1 Å². The van der Waals surface area contributed by atoms with Gasteiger partial charge in [-0.25, -0.2) is 0 Å². The largest absolute Gasteiger partial charge is 0.493 e. The highest BCUT2D eigenvalue weighted by atomic mass is 35.5. The monoisotopic (exact) mass is 407 g/mol. The van der Waals surface area contributed by atoms with Gasteiger partial charge in [0, 0.05) is 44.4 Å². The van der Waals surface area contributed by atoms with Gasteiger partial charge in [0.25, 0.3) is 5.69 Å². The number of hydrogen-bond acceptors (Lipinski definition) is 6. The van der Waals surface area contributed by atoms with E-state index in [1.165, 1.54) is 17.7 Å². The van der Waals surface area contributed by atoms with Gasteiger partial charge in [0.15, 0.2) is 11.5 Å². The van der Waals surface area contributed by atoms with Gasteiger partial charge in [-0.3, -0.25) is 15.0 Å². The Morgan fingerprint density at radius 2 is 1.89 bits per heavy atom. The molecule has 0 aromatic heterocycles. The van der Waals surface area contributed by atoms with Gasteiger partial charge in [-0.05, 0) is 42.3 Å². The van der Waals surface area contributed by atoms with E-state index in [9.17, 15) is 10.1 Å². The maximum atomic E-state index is 10.7. The zero-order chi connectivity index (χ0) is 19.2. The minimum Gasteiger partial charge on any atom is -0.493 e. The second-order valence-electron chi connectivity index (χ2n) is 6.79. The molecule has 1 unspecified atom stereocenters. The van der Waals surface area contributed by atoms with Crippen LogP contribution in [0.4, 0.5) is 5.69 Å². The summed E-state index contributed by atoms with van der Waals surface area (Å²) in [5.74, 6) is 1.35. The van der Waals surface area contributed by atoms with Crippen LogP contribution in [-0.4, -0.2) is 42.6 Å². The summed E-state index contributed by atoms with van der Waals surface area (Å²) in [6.45, 7) is 6.47. The molecule has 0 bridgehead atoms. The minimum absolute atomic E-state index is 0. The second kappa shape index (κ2) is 10.3. The van der Waals surface area contributed by atoms with Crippen LogP contribution in [0.3, 0.4) is 0 Å². The maximum absolute atomic E-state index is 10.7. The quantitative estimate of drug-likeness (QED) is 0.560. The summed E-state index contributed by atoms with van der Waals surface area (Å²) in [6.07, 6.45) is 0. The molecule has 0 aliphatic carbocycles. The number of non-ortho nitro benzene ring substituents is 1. The third kappa shape index (κ3) is 5.82. The van der Waals surface area contributed by atoms with Crippen LogP contribution < -0.4 is 14.8 Å². The molecule has 1 aliphatic heterocycles. The molecule has 1 aliphatic rings. The Morgan fingerprint density at radius 3 is 2.54 bits per heavy atom. The van der Waals surface area contributed by atoms with Crippen molar-refractivity contribution >= 4 is 18.1 Å². The van der Waals surface area contributed by atoms with Crippen LogP contribution in [-0.2, 0) is 13.2 Å².